The summed E-state index contributed by atoms with van der Waals surface area (Å²) in [6, 6.07) is 3.64. The maximum absolute atomic E-state index is 12.2. The van der Waals surface area contributed by atoms with Crippen molar-refractivity contribution in [2.75, 3.05) is 0 Å². The van der Waals surface area contributed by atoms with Crippen LogP contribution >= 0.6 is 0 Å². The van der Waals surface area contributed by atoms with E-state index in [1.807, 2.05) is 0 Å². The molecule has 1 aromatic carbocycles. The van der Waals surface area contributed by atoms with Crippen molar-refractivity contribution in [1.29, 1.82) is 0 Å². The molecule has 0 heterocycles. The molecule has 0 spiro atoms. The summed E-state index contributed by atoms with van der Waals surface area (Å²) in [5, 5.41) is 22.6. The first-order valence-corrected chi connectivity index (χ1v) is 6.69. The van der Waals surface area contributed by atoms with Crippen molar-refractivity contribution in [1.82, 2.24) is 5.32 Å². The number of nitrogens with zero attached hydrogens (tertiary/aromatic N) is 1. The number of carboxylic acids is 1. The van der Waals surface area contributed by atoms with Crippen LogP contribution in [0.2, 0.25) is 0 Å². The molecule has 0 aromatic heterocycles. The zero-order chi connectivity index (χ0) is 15.6. The van der Waals surface area contributed by atoms with E-state index in [0.717, 1.165) is 6.42 Å². The van der Waals surface area contributed by atoms with Gasteiger partial charge in [0.05, 0.1) is 10.8 Å². The number of hydrogen-bond donors (Lipinski definition) is 2. The number of carboxylic acid groups (broad SMARTS) is 1. The third-order valence-corrected chi connectivity index (χ3v) is 3.83. The Morgan fingerprint density at radius 3 is 2.71 bits per heavy atom. The molecule has 1 aliphatic carbocycles. The van der Waals surface area contributed by atoms with Crippen LogP contribution in [0, 0.1) is 23.0 Å². The van der Waals surface area contributed by atoms with Crippen molar-refractivity contribution in [3.05, 3.63) is 39.4 Å². The highest BCUT2D eigenvalue weighted by Crippen LogP contribution is 2.26. The largest absolute Gasteiger partial charge is 0.481 e. The van der Waals surface area contributed by atoms with Crippen molar-refractivity contribution in [3.8, 4) is 0 Å². The van der Waals surface area contributed by atoms with Crippen molar-refractivity contribution in [2.45, 2.75) is 32.2 Å². The Balaban J connectivity index is 2.18. The number of nitro benzene ring substituents is 1. The Bertz CT molecular complexity index is 599. The summed E-state index contributed by atoms with van der Waals surface area (Å²) in [5.41, 5.74) is 0.662. The quantitative estimate of drug-likeness (QED) is 0.650. The monoisotopic (exact) mass is 292 g/mol. The number of rotatable bonds is 4. The molecule has 1 fully saturated rings. The Morgan fingerprint density at radius 2 is 2.10 bits per heavy atom. The molecule has 1 aromatic rings. The number of non-ortho nitro benzene ring substituents is 1. The molecule has 7 nitrogen and oxygen atoms in total. The molecule has 0 bridgehead atoms. The van der Waals surface area contributed by atoms with Crippen molar-refractivity contribution in [2.24, 2.45) is 5.92 Å². The van der Waals surface area contributed by atoms with Gasteiger partial charge in [-0.25, -0.2) is 0 Å². The van der Waals surface area contributed by atoms with Gasteiger partial charge in [-0.2, -0.15) is 0 Å². The number of aryl methyl sites for hydroxylation is 1. The molecule has 1 amide bonds. The van der Waals surface area contributed by atoms with Gasteiger partial charge in [0.25, 0.3) is 11.6 Å². The third-order valence-electron chi connectivity index (χ3n) is 3.83. The summed E-state index contributed by atoms with van der Waals surface area (Å²) in [6.07, 6.45) is 1.89. The molecular weight excluding hydrogens is 276 g/mol. The molecule has 21 heavy (non-hydrogen) atoms. The van der Waals surface area contributed by atoms with E-state index >= 15 is 0 Å². The number of carbonyl (C=O) groups excluding carboxylic acids is 1. The summed E-state index contributed by atoms with van der Waals surface area (Å²) in [6.45, 7) is 1.68. The van der Waals surface area contributed by atoms with Gasteiger partial charge in [0, 0.05) is 23.7 Å². The van der Waals surface area contributed by atoms with Crippen LogP contribution < -0.4 is 5.32 Å². The predicted molar refractivity (Wildman–Crippen MR) is 74.1 cm³/mol. The predicted octanol–water partition coefficient (Wildman–Crippen LogP) is 1.89. The van der Waals surface area contributed by atoms with Crippen LogP contribution in [0.25, 0.3) is 0 Å². The van der Waals surface area contributed by atoms with Crippen LogP contribution in [-0.4, -0.2) is 27.9 Å². The summed E-state index contributed by atoms with van der Waals surface area (Å²) < 4.78 is 0. The lowest BCUT2D eigenvalue weighted by Gasteiger charge is -2.18. The Morgan fingerprint density at radius 1 is 1.38 bits per heavy atom. The number of aliphatic carboxylic acids is 1. The molecule has 112 valence electrons. The molecule has 0 aliphatic heterocycles. The van der Waals surface area contributed by atoms with E-state index in [0.29, 0.717) is 18.4 Å². The highest BCUT2D eigenvalue weighted by Gasteiger charge is 2.34. The van der Waals surface area contributed by atoms with Gasteiger partial charge in [-0.15, -0.1) is 0 Å². The number of benzene rings is 1. The molecule has 1 aliphatic rings. The first kappa shape index (κ1) is 15.0. The fourth-order valence-corrected chi connectivity index (χ4v) is 2.64. The highest BCUT2D eigenvalue weighted by atomic mass is 16.6. The summed E-state index contributed by atoms with van der Waals surface area (Å²) in [5.74, 6) is -1.98. The Hall–Kier alpha value is -2.44. The average molecular weight is 292 g/mol. The van der Waals surface area contributed by atoms with E-state index in [-0.39, 0.29) is 11.3 Å². The number of nitrogens with one attached hydrogen (secondary N) is 1. The topological polar surface area (TPSA) is 110 Å². The number of nitro groups is 1. The van der Waals surface area contributed by atoms with Gasteiger partial charge in [0.1, 0.15) is 0 Å². The lowest BCUT2D eigenvalue weighted by Crippen LogP contribution is -2.40. The van der Waals surface area contributed by atoms with Gasteiger partial charge in [0.15, 0.2) is 0 Å². The maximum Gasteiger partial charge on any atom is 0.308 e. The second-order valence-electron chi connectivity index (χ2n) is 5.21. The number of amides is 1. The second kappa shape index (κ2) is 5.90. The third kappa shape index (κ3) is 3.18. The first-order valence-electron chi connectivity index (χ1n) is 6.69. The van der Waals surface area contributed by atoms with Crippen LogP contribution in [0.4, 0.5) is 5.69 Å². The van der Waals surface area contributed by atoms with Crippen LogP contribution in [0.1, 0.15) is 35.2 Å². The van der Waals surface area contributed by atoms with Gasteiger partial charge < -0.3 is 10.4 Å². The Kier molecular flexibility index (Phi) is 4.21. The molecule has 0 saturated heterocycles. The van der Waals surface area contributed by atoms with Crippen LogP contribution in [-0.2, 0) is 4.79 Å². The molecule has 2 unspecified atom stereocenters. The van der Waals surface area contributed by atoms with Gasteiger partial charge in [-0.1, -0.05) is 12.5 Å². The molecule has 2 atom stereocenters. The number of carbonyl (C=O) groups is 2. The summed E-state index contributed by atoms with van der Waals surface area (Å²) in [7, 11) is 0. The van der Waals surface area contributed by atoms with Gasteiger partial charge in [-0.05, 0) is 25.3 Å². The minimum atomic E-state index is -0.923. The normalized spacial score (nSPS) is 21.0. The molecule has 2 rings (SSSR count). The van der Waals surface area contributed by atoms with E-state index in [4.69, 9.17) is 5.11 Å². The molecule has 2 N–H and O–H groups in total. The fourth-order valence-electron chi connectivity index (χ4n) is 2.64. The fraction of sp³-hybridized carbons (Fsp3) is 0.429. The minimum absolute atomic E-state index is 0.160. The van der Waals surface area contributed by atoms with E-state index in [2.05, 4.69) is 5.32 Å². The van der Waals surface area contributed by atoms with E-state index in [9.17, 15) is 19.7 Å². The van der Waals surface area contributed by atoms with E-state index < -0.39 is 28.8 Å². The lowest BCUT2D eigenvalue weighted by atomic mass is 10.0. The van der Waals surface area contributed by atoms with Crippen molar-refractivity contribution >= 4 is 17.6 Å². The van der Waals surface area contributed by atoms with E-state index in [1.165, 1.54) is 18.2 Å². The zero-order valence-corrected chi connectivity index (χ0v) is 11.5. The van der Waals surface area contributed by atoms with Crippen molar-refractivity contribution in [3.63, 3.8) is 0 Å². The number of hydrogen-bond acceptors (Lipinski definition) is 4. The highest BCUT2D eigenvalue weighted by molar-refractivity contribution is 5.96. The molecular formula is C14H16N2O5. The van der Waals surface area contributed by atoms with Gasteiger partial charge in [-0.3, -0.25) is 19.7 Å². The second-order valence-corrected chi connectivity index (χ2v) is 5.21. The van der Waals surface area contributed by atoms with Crippen LogP contribution in [0.15, 0.2) is 18.2 Å². The van der Waals surface area contributed by atoms with Gasteiger partial charge in [0.2, 0.25) is 0 Å². The smallest absolute Gasteiger partial charge is 0.308 e. The summed E-state index contributed by atoms with van der Waals surface area (Å²) in [4.78, 5) is 33.5. The van der Waals surface area contributed by atoms with Crippen LogP contribution in [0.3, 0.4) is 0 Å². The molecule has 1 saturated carbocycles. The lowest BCUT2D eigenvalue weighted by molar-refractivity contribution is -0.384. The van der Waals surface area contributed by atoms with Crippen LogP contribution in [0.5, 0.6) is 0 Å². The zero-order valence-electron chi connectivity index (χ0n) is 11.5. The van der Waals surface area contributed by atoms with Gasteiger partial charge >= 0.3 is 5.97 Å². The standard InChI is InChI=1S/C14H16N2O5/c1-8-5-6-9(16(20)21)7-11(8)13(17)15-12-4-2-3-10(12)14(18)19/h5-7,10,12H,2-4H2,1H3,(H,15,17)(H,18,19). The minimum Gasteiger partial charge on any atom is -0.481 e. The molecule has 0 radical (unpaired) electrons. The summed E-state index contributed by atoms with van der Waals surface area (Å²) >= 11 is 0. The van der Waals surface area contributed by atoms with E-state index in [1.54, 1.807) is 6.92 Å². The Labute approximate surface area is 121 Å². The maximum atomic E-state index is 12.2. The first-order chi connectivity index (χ1) is 9.90. The molecule has 7 heteroatoms. The average Bonchev–Trinajstić information content (AvgIpc) is 2.87. The SMILES string of the molecule is Cc1ccc([N+](=O)[O-])cc1C(=O)NC1CCCC1C(=O)O. The van der Waals surface area contributed by atoms with Crippen molar-refractivity contribution < 1.29 is 19.6 Å².